The van der Waals surface area contributed by atoms with Crippen LogP contribution in [0.5, 0.6) is 0 Å². The van der Waals surface area contributed by atoms with Crippen LogP contribution in [-0.4, -0.2) is 48.7 Å². The van der Waals surface area contributed by atoms with Crippen LogP contribution in [0.4, 0.5) is 29.3 Å². The largest absolute Gasteiger partial charge is 0.548 e. The van der Waals surface area contributed by atoms with E-state index in [9.17, 15) is 37.5 Å². The van der Waals surface area contributed by atoms with Crippen LogP contribution in [0.25, 0.3) is 0 Å². The number of amides is 2. The summed E-state index contributed by atoms with van der Waals surface area (Å²) >= 11 is 0. The molecule has 2 N–H and O–H groups in total. The summed E-state index contributed by atoms with van der Waals surface area (Å²) in [6.45, 7) is -0.550. The van der Waals surface area contributed by atoms with Crippen LogP contribution in [-0.2, 0) is 14.3 Å². The van der Waals surface area contributed by atoms with Gasteiger partial charge in [-0.25, -0.2) is 9.59 Å². The van der Waals surface area contributed by atoms with Gasteiger partial charge in [0.1, 0.15) is 0 Å². The van der Waals surface area contributed by atoms with E-state index < -0.39 is 42.7 Å². The average Bonchev–Trinajstić information content (AvgIpc) is 2.87. The second-order valence-corrected chi connectivity index (χ2v) is 8.47. The molecule has 2 aromatic carbocycles. The molecular weight excluding hydrogens is 495 g/mol. The minimum absolute atomic E-state index is 0.137. The number of halogens is 3. The van der Waals surface area contributed by atoms with Crippen molar-refractivity contribution in [3.8, 4) is 0 Å². The summed E-state index contributed by atoms with van der Waals surface area (Å²) in [7, 11) is 0. The van der Waals surface area contributed by atoms with E-state index in [1.165, 1.54) is 28.4 Å². The van der Waals surface area contributed by atoms with Gasteiger partial charge >= 0.3 is 24.1 Å². The van der Waals surface area contributed by atoms with Gasteiger partial charge in [-0.05, 0) is 37.1 Å². The number of alkyl halides is 3. The van der Waals surface area contributed by atoms with Crippen molar-refractivity contribution in [1.29, 1.82) is 0 Å². The lowest BCUT2D eigenvalue weighted by Crippen LogP contribution is -2.57. The van der Waals surface area contributed by atoms with Gasteiger partial charge < -0.3 is 24.9 Å². The second-order valence-electron chi connectivity index (χ2n) is 8.47. The first-order valence-corrected chi connectivity index (χ1v) is 11.6. The van der Waals surface area contributed by atoms with Crippen LogP contribution < -0.4 is 20.6 Å². The first-order valence-electron chi connectivity index (χ1n) is 11.6. The lowest BCUT2D eigenvalue weighted by Gasteiger charge is -2.39. The molecule has 2 amide bonds. The number of aliphatic carboxylic acids is 1. The van der Waals surface area contributed by atoms with E-state index in [2.05, 4.69) is 5.32 Å². The molecule has 1 unspecified atom stereocenters. The van der Waals surface area contributed by atoms with Gasteiger partial charge in [0.25, 0.3) is 0 Å². The molecule has 0 aromatic heterocycles. The maximum atomic E-state index is 12.8. The normalized spacial score (nSPS) is 14.8. The number of carbonyl (C=O) groups is 4. The monoisotopic (exact) mass is 520 g/mol. The number of benzene rings is 2. The number of nitrogens with one attached hydrogen (secondary N) is 2. The standard InChI is InChI=1S/C25H26F3N3O6/c26-25(27,28)23(35)29-19(21(32)33)15-31(17-11-5-2-6-12-17)20-14-8-7-13-18(20)30-24(36)37-22(34)16-9-3-1-4-10-16/h1,3-4,7-10,13-14,17,19H,2,5-6,11-12,15H2,(H,29,35)(H,30,36)(H,32,33)/p-1. The minimum atomic E-state index is -5.28. The van der Waals surface area contributed by atoms with E-state index >= 15 is 0 Å². The Balaban J connectivity index is 1.85. The van der Waals surface area contributed by atoms with Crippen LogP contribution in [0.1, 0.15) is 42.5 Å². The Morgan fingerprint density at radius 2 is 1.59 bits per heavy atom. The molecule has 3 rings (SSSR count). The molecule has 1 atom stereocenters. The van der Waals surface area contributed by atoms with Crippen molar-refractivity contribution in [2.24, 2.45) is 0 Å². The molecule has 37 heavy (non-hydrogen) atoms. The first-order chi connectivity index (χ1) is 17.6. The predicted molar refractivity (Wildman–Crippen MR) is 125 cm³/mol. The minimum Gasteiger partial charge on any atom is -0.548 e. The van der Waals surface area contributed by atoms with E-state index in [-0.39, 0.29) is 23.0 Å². The number of carbonyl (C=O) groups excluding carboxylic acids is 4. The third-order valence-electron chi connectivity index (χ3n) is 5.89. The van der Waals surface area contributed by atoms with Crippen molar-refractivity contribution < 1.29 is 42.2 Å². The van der Waals surface area contributed by atoms with E-state index in [0.29, 0.717) is 12.8 Å². The molecule has 1 aliphatic carbocycles. The molecule has 198 valence electrons. The van der Waals surface area contributed by atoms with Gasteiger partial charge in [0.05, 0.1) is 28.9 Å². The van der Waals surface area contributed by atoms with Crippen molar-refractivity contribution in [2.45, 2.75) is 50.4 Å². The number of hydrogen-bond acceptors (Lipinski definition) is 7. The Kier molecular flexibility index (Phi) is 9.10. The maximum Gasteiger partial charge on any atom is 0.471 e. The number of carboxylic acids is 1. The lowest BCUT2D eigenvalue weighted by molar-refractivity contribution is -0.308. The van der Waals surface area contributed by atoms with Gasteiger partial charge in [-0.15, -0.1) is 0 Å². The quantitative estimate of drug-likeness (QED) is 0.405. The molecule has 0 radical (unpaired) electrons. The molecule has 12 heteroatoms. The zero-order valence-electron chi connectivity index (χ0n) is 19.6. The number of hydrogen-bond donors (Lipinski definition) is 2. The van der Waals surface area contributed by atoms with Gasteiger partial charge in [0.15, 0.2) is 0 Å². The SMILES string of the molecule is O=C(Nc1ccccc1N(CC(NC(=O)C(F)(F)F)C(=O)[O-])C1CCCCC1)OC(=O)c1ccccc1. The zero-order chi connectivity index (χ0) is 27.0. The summed E-state index contributed by atoms with van der Waals surface area (Å²) in [6.07, 6.45) is -2.63. The number of para-hydroxylation sites is 2. The van der Waals surface area contributed by atoms with Gasteiger partial charge in [-0.2, -0.15) is 13.2 Å². The molecule has 1 fully saturated rings. The van der Waals surface area contributed by atoms with Crippen molar-refractivity contribution in [2.75, 3.05) is 16.8 Å². The van der Waals surface area contributed by atoms with Crippen LogP contribution in [0.2, 0.25) is 0 Å². The van der Waals surface area contributed by atoms with Gasteiger partial charge in [-0.1, -0.05) is 49.6 Å². The fraction of sp³-hybridized carbons (Fsp3) is 0.360. The Hall–Kier alpha value is -4.09. The van der Waals surface area contributed by atoms with Crippen molar-refractivity contribution in [3.63, 3.8) is 0 Å². The Morgan fingerprint density at radius 3 is 2.22 bits per heavy atom. The molecule has 1 aliphatic rings. The highest BCUT2D eigenvalue weighted by atomic mass is 19.4. The van der Waals surface area contributed by atoms with Crippen molar-refractivity contribution in [1.82, 2.24) is 5.32 Å². The highest BCUT2D eigenvalue weighted by molar-refractivity contribution is 6.01. The molecule has 0 saturated heterocycles. The zero-order valence-corrected chi connectivity index (χ0v) is 19.6. The molecule has 2 aromatic rings. The summed E-state index contributed by atoms with van der Waals surface area (Å²) in [6, 6.07) is 11.7. The predicted octanol–water partition coefficient (Wildman–Crippen LogP) is 3.01. The number of anilines is 2. The van der Waals surface area contributed by atoms with Gasteiger partial charge in [0, 0.05) is 12.6 Å². The molecule has 1 saturated carbocycles. The Bertz CT molecular complexity index is 1120. The Labute approximate surface area is 210 Å². The molecule has 0 aliphatic heterocycles. The average molecular weight is 520 g/mol. The molecular formula is C25H25F3N3O6-. The first kappa shape index (κ1) is 27.5. The second kappa shape index (κ2) is 12.2. The third-order valence-corrected chi connectivity index (χ3v) is 5.89. The number of nitrogens with zero attached hydrogens (tertiary/aromatic N) is 1. The smallest absolute Gasteiger partial charge is 0.471 e. The summed E-state index contributed by atoms with van der Waals surface area (Å²) in [5, 5.41) is 15.6. The molecule has 0 spiro atoms. The lowest BCUT2D eigenvalue weighted by atomic mass is 9.93. The fourth-order valence-electron chi connectivity index (χ4n) is 4.14. The summed E-state index contributed by atoms with van der Waals surface area (Å²) in [4.78, 5) is 49.4. The molecule has 0 heterocycles. The van der Waals surface area contributed by atoms with E-state index in [0.717, 1.165) is 19.3 Å². The summed E-state index contributed by atoms with van der Waals surface area (Å²) in [5.74, 6) is -5.19. The maximum absolute atomic E-state index is 12.8. The Morgan fingerprint density at radius 1 is 0.973 bits per heavy atom. The van der Waals surface area contributed by atoms with E-state index in [1.54, 1.807) is 36.4 Å². The number of carboxylic acid groups (broad SMARTS) is 1. The van der Waals surface area contributed by atoms with Gasteiger partial charge in [-0.3, -0.25) is 10.1 Å². The fourth-order valence-corrected chi connectivity index (χ4v) is 4.14. The summed E-state index contributed by atoms with van der Waals surface area (Å²) in [5.41, 5.74) is 0.566. The van der Waals surface area contributed by atoms with Crippen LogP contribution in [0, 0.1) is 0 Å². The highest BCUT2D eigenvalue weighted by Crippen LogP contribution is 2.33. The van der Waals surface area contributed by atoms with Crippen molar-refractivity contribution in [3.05, 3.63) is 60.2 Å². The summed E-state index contributed by atoms with van der Waals surface area (Å²) < 4.78 is 43.2. The number of ether oxygens (including phenoxy) is 1. The highest BCUT2D eigenvalue weighted by Gasteiger charge is 2.40. The van der Waals surface area contributed by atoms with Crippen LogP contribution in [0.15, 0.2) is 54.6 Å². The topological polar surface area (TPSA) is 128 Å². The van der Waals surface area contributed by atoms with Crippen LogP contribution in [0.3, 0.4) is 0 Å². The number of esters is 1. The van der Waals surface area contributed by atoms with E-state index in [1.807, 2.05) is 0 Å². The van der Waals surface area contributed by atoms with Crippen LogP contribution >= 0.6 is 0 Å². The van der Waals surface area contributed by atoms with Gasteiger partial charge in [0.2, 0.25) is 0 Å². The number of rotatable bonds is 8. The van der Waals surface area contributed by atoms with Crippen molar-refractivity contribution >= 4 is 35.3 Å². The molecule has 9 nitrogen and oxygen atoms in total. The molecule has 0 bridgehead atoms. The third kappa shape index (κ3) is 7.69. The van der Waals surface area contributed by atoms with E-state index in [4.69, 9.17) is 4.74 Å².